The molecule has 2 aliphatic heterocycles. The van der Waals surface area contributed by atoms with Gasteiger partial charge < -0.3 is 9.80 Å². The van der Waals surface area contributed by atoms with E-state index in [1.165, 1.54) is 67.8 Å². The maximum Gasteiger partial charge on any atom is 0.246 e. The Morgan fingerprint density at radius 2 is 0.808 bits per heavy atom. The van der Waals surface area contributed by atoms with E-state index in [-0.39, 0.29) is 23.7 Å². The lowest BCUT2D eigenvalue weighted by molar-refractivity contribution is -0.127. The zero-order valence-electron chi connectivity index (χ0n) is 29.3. The minimum Gasteiger partial charge on any atom is -0.334 e. The summed E-state index contributed by atoms with van der Waals surface area (Å²) in [6.07, 6.45) is 2.82. The third-order valence-electron chi connectivity index (χ3n) is 10.2. The molecule has 256 valence electrons. The van der Waals surface area contributed by atoms with Crippen molar-refractivity contribution in [2.24, 2.45) is 0 Å². The molecule has 2 amide bonds. The molecule has 2 atom stereocenters. The van der Waals surface area contributed by atoms with Crippen LogP contribution in [0.2, 0.25) is 0 Å². The summed E-state index contributed by atoms with van der Waals surface area (Å²) in [6.45, 7) is 9.94. The van der Waals surface area contributed by atoms with Crippen LogP contribution >= 0.6 is 0 Å². The van der Waals surface area contributed by atoms with Gasteiger partial charge in [-0.3, -0.25) is 9.59 Å². The van der Waals surface area contributed by atoms with Crippen LogP contribution in [0.5, 0.6) is 0 Å². The lowest BCUT2D eigenvalue weighted by Crippen LogP contribution is -2.37. The number of hydrogen-bond acceptors (Lipinski definition) is 2. The van der Waals surface area contributed by atoms with Crippen LogP contribution in [0.1, 0.15) is 45.2 Å². The van der Waals surface area contributed by atoms with Gasteiger partial charge in [0.2, 0.25) is 11.8 Å². The van der Waals surface area contributed by atoms with Crippen LogP contribution in [0.15, 0.2) is 183 Å². The molecule has 52 heavy (non-hydrogen) atoms. The predicted octanol–water partition coefficient (Wildman–Crippen LogP) is 10.0. The number of carbonyl (C=O) groups is 2. The number of carbonyl (C=O) groups excluding carboxylic acids is 2. The topological polar surface area (TPSA) is 40.6 Å². The number of rotatable bonds is 6. The predicted molar refractivity (Wildman–Crippen MR) is 212 cm³/mol. The van der Waals surface area contributed by atoms with E-state index in [1.807, 2.05) is 34.1 Å². The molecule has 2 heterocycles. The molecule has 8 rings (SSSR count). The van der Waals surface area contributed by atoms with Crippen LogP contribution in [0, 0.1) is 0 Å². The van der Waals surface area contributed by atoms with Gasteiger partial charge in [-0.1, -0.05) is 171 Å². The van der Waals surface area contributed by atoms with Gasteiger partial charge in [-0.2, -0.15) is 0 Å². The Kier molecular flexibility index (Phi) is 10.4. The average molecular weight is 679 g/mol. The summed E-state index contributed by atoms with van der Waals surface area (Å²) in [4.78, 5) is 28.3. The molecular weight excluding hydrogens is 637 g/mol. The van der Waals surface area contributed by atoms with Gasteiger partial charge in [-0.05, 0) is 67.8 Å². The van der Waals surface area contributed by atoms with Gasteiger partial charge in [0.25, 0.3) is 0 Å². The molecule has 0 radical (unpaired) electrons. The summed E-state index contributed by atoms with van der Waals surface area (Å²) in [7, 11) is 0. The number of amides is 2. The van der Waals surface area contributed by atoms with Crippen molar-refractivity contribution < 1.29 is 9.59 Å². The molecule has 0 spiro atoms. The van der Waals surface area contributed by atoms with Gasteiger partial charge in [0.15, 0.2) is 0 Å². The molecule has 0 saturated carbocycles. The van der Waals surface area contributed by atoms with Crippen LogP contribution in [0.4, 0.5) is 0 Å². The molecule has 0 fully saturated rings. The molecule has 0 saturated heterocycles. The first-order valence-corrected chi connectivity index (χ1v) is 17.8. The molecule has 0 aliphatic carbocycles. The monoisotopic (exact) mass is 678 g/mol. The van der Waals surface area contributed by atoms with Gasteiger partial charge in [-0.15, -0.1) is 0 Å². The lowest BCUT2D eigenvalue weighted by atomic mass is 9.83. The molecule has 6 aromatic carbocycles. The van der Waals surface area contributed by atoms with E-state index in [0.717, 1.165) is 0 Å². The van der Waals surface area contributed by atoms with Crippen molar-refractivity contribution in [2.75, 3.05) is 13.1 Å². The van der Waals surface area contributed by atoms with Crippen LogP contribution in [-0.2, 0) is 22.7 Å². The zero-order valence-corrected chi connectivity index (χ0v) is 29.3. The van der Waals surface area contributed by atoms with Crippen molar-refractivity contribution >= 4 is 11.8 Å². The zero-order chi connectivity index (χ0) is 35.9. The second-order valence-electron chi connectivity index (χ2n) is 13.3. The highest BCUT2D eigenvalue weighted by atomic mass is 16.2. The first-order chi connectivity index (χ1) is 25.5. The highest BCUT2D eigenvalue weighted by Crippen LogP contribution is 2.38. The Balaban J connectivity index is 0.000000162. The molecule has 4 heteroatoms. The minimum atomic E-state index is -0.0104. The van der Waals surface area contributed by atoms with E-state index in [0.29, 0.717) is 26.2 Å². The second-order valence-corrected chi connectivity index (χ2v) is 13.3. The van der Waals surface area contributed by atoms with Gasteiger partial charge >= 0.3 is 0 Å². The van der Waals surface area contributed by atoms with E-state index in [1.54, 1.807) is 0 Å². The average Bonchev–Trinajstić information content (AvgIpc) is 3.23. The van der Waals surface area contributed by atoms with Crippen LogP contribution < -0.4 is 0 Å². The number of benzene rings is 6. The van der Waals surface area contributed by atoms with E-state index in [9.17, 15) is 9.59 Å². The second kappa shape index (κ2) is 15.7. The van der Waals surface area contributed by atoms with E-state index >= 15 is 0 Å². The summed E-state index contributed by atoms with van der Waals surface area (Å²) < 4.78 is 0. The number of hydrogen-bond donors (Lipinski definition) is 0. The van der Waals surface area contributed by atoms with Gasteiger partial charge in [-0.25, -0.2) is 0 Å². The smallest absolute Gasteiger partial charge is 0.246 e. The van der Waals surface area contributed by atoms with Crippen molar-refractivity contribution in [3.63, 3.8) is 0 Å². The summed E-state index contributed by atoms with van der Waals surface area (Å²) in [6, 6.07) is 54.9. The fourth-order valence-electron chi connectivity index (χ4n) is 7.46. The van der Waals surface area contributed by atoms with Gasteiger partial charge in [0.1, 0.15) is 0 Å². The summed E-state index contributed by atoms with van der Waals surface area (Å²) >= 11 is 0. The van der Waals surface area contributed by atoms with Crippen molar-refractivity contribution in [1.82, 2.24) is 9.80 Å². The minimum absolute atomic E-state index is 0.0104. The van der Waals surface area contributed by atoms with Crippen molar-refractivity contribution in [3.8, 4) is 22.3 Å². The highest BCUT2D eigenvalue weighted by molar-refractivity contribution is 5.88. The first-order valence-electron chi connectivity index (χ1n) is 17.8. The summed E-state index contributed by atoms with van der Waals surface area (Å²) in [5, 5.41) is 0. The molecule has 0 N–H and O–H groups in total. The standard InChI is InChI=1S/2C24H21NO/c2*1-2-24(26)25-16-21-14-13-20(18-9-5-3-6-10-18)15-22(21)23(17-25)19-11-7-4-8-12-19/h2*2-15,23H,1,16-17H2/t2*23-/m10/s1. The van der Waals surface area contributed by atoms with E-state index < -0.39 is 0 Å². The third-order valence-corrected chi connectivity index (χ3v) is 10.2. The quantitative estimate of drug-likeness (QED) is 0.165. The Labute approximate surface area is 307 Å². The fraction of sp³-hybridized carbons (Fsp3) is 0.125. The number of nitrogens with zero attached hydrogens (tertiary/aromatic N) is 2. The van der Waals surface area contributed by atoms with Crippen LogP contribution in [0.25, 0.3) is 22.3 Å². The Morgan fingerprint density at radius 3 is 1.15 bits per heavy atom. The molecule has 0 aromatic heterocycles. The Bertz CT molecular complexity index is 2020. The van der Waals surface area contributed by atoms with Crippen LogP contribution in [0.3, 0.4) is 0 Å². The Morgan fingerprint density at radius 1 is 0.462 bits per heavy atom. The van der Waals surface area contributed by atoms with Gasteiger partial charge in [0.05, 0.1) is 0 Å². The molecule has 0 bridgehead atoms. The SMILES string of the molecule is C=CC(=O)N1Cc2ccc(-c3ccccc3)cc2[C@@H](c2ccccc2)C1.C=CC(=O)N1Cc2ccc(-c3ccccc3)cc2[C@H](c2ccccc2)C1. The fourth-order valence-corrected chi connectivity index (χ4v) is 7.46. The molecule has 2 aliphatic rings. The largest absolute Gasteiger partial charge is 0.334 e. The lowest BCUT2D eigenvalue weighted by Gasteiger charge is -2.35. The summed E-state index contributed by atoms with van der Waals surface area (Å²) in [5.74, 6) is 0.326. The van der Waals surface area contributed by atoms with Gasteiger partial charge in [0, 0.05) is 38.0 Å². The molecular formula is C48H42N2O2. The molecule has 0 unspecified atom stereocenters. The number of fused-ring (bicyclic) bond motifs is 2. The van der Waals surface area contributed by atoms with Crippen LogP contribution in [-0.4, -0.2) is 34.7 Å². The van der Waals surface area contributed by atoms with Crippen molar-refractivity contribution in [2.45, 2.75) is 24.9 Å². The highest BCUT2D eigenvalue weighted by Gasteiger charge is 2.30. The summed E-state index contributed by atoms with van der Waals surface area (Å²) in [5.41, 5.74) is 12.4. The van der Waals surface area contributed by atoms with Crippen molar-refractivity contribution in [3.05, 3.63) is 216 Å². The maximum atomic E-state index is 12.2. The maximum absolute atomic E-state index is 12.2. The normalized spacial score (nSPS) is 16.0. The van der Waals surface area contributed by atoms with Crippen molar-refractivity contribution in [1.29, 1.82) is 0 Å². The van der Waals surface area contributed by atoms with E-state index in [2.05, 4.69) is 147 Å². The third kappa shape index (κ3) is 7.42. The molecule has 6 aromatic rings. The first kappa shape index (κ1) is 34.2. The molecule has 4 nitrogen and oxygen atoms in total. The Hall–Kier alpha value is -6.26. The van der Waals surface area contributed by atoms with E-state index in [4.69, 9.17) is 0 Å².